The van der Waals surface area contributed by atoms with Gasteiger partial charge in [-0.15, -0.1) is 0 Å². The minimum absolute atomic E-state index is 0.00600. The molecule has 1 fully saturated rings. The Kier molecular flexibility index (Phi) is 3.27. The molecular weight excluding hydrogens is 222 g/mol. The van der Waals surface area contributed by atoms with Gasteiger partial charge in [0.2, 0.25) is 0 Å². The average Bonchev–Trinajstić information content (AvgIpc) is 2.75. The van der Waals surface area contributed by atoms with Crippen molar-refractivity contribution in [1.82, 2.24) is 0 Å². The first kappa shape index (κ1) is 11.4. The first-order valence-corrected chi connectivity index (χ1v) is 5.29. The molecule has 1 saturated heterocycles. The van der Waals surface area contributed by atoms with Gasteiger partial charge < -0.3 is 14.8 Å². The summed E-state index contributed by atoms with van der Waals surface area (Å²) in [4.78, 5) is 22.1. The molecule has 1 atom stereocenters. The number of anilines is 1. The van der Waals surface area contributed by atoms with Crippen LogP contribution in [0.5, 0.6) is 0 Å². The summed E-state index contributed by atoms with van der Waals surface area (Å²) in [5.41, 5.74) is 1.35. The van der Waals surface area contributed by atoms with E-state index in [1.54, 1.807) is 24.3 Å². The SMILES string of the molecule is COC(=O)c1ccc(NC2COC(=O)C2)cc1. The van der Waals surface area contributed by atoms with Crippen LogP contribution in [0, 0.1) is 0 Å². The smallest absolute Gasteiger partial charge is 0.337 e. The number of hydrogen-bond donors (Lipinski definition) is 1. The Hall–Kier alpha value is -2.04. The van der Waals surface area contributed by atoms with E-state index >= 15 is 0 Å². The van der Waals surface area contributed by atoms with Crippen LogP contribution in [0.3, 0.4) is 0 Å². The zero-order chi connectivity index (χ0) is 12.3. The predicted molar refractivity (Wildman–Crippen MR) is 60.8 cm³/mol. The Morgan fingerprint density at radius 1 is 1.41 bits per heavy atom. The van der Waals surface area contributed by atoms with Gasteiger partial charge in [0.1, 0.15) is 6.61 Å². The molecule has 2 rings (SSSR count). The molecule has 1 heterocycles. The number of carbonyl (C=O) groups excluding carboxylic acids is 2. The van der Waals surface area contributed by atoms with E-state index < -0.39 is 0 Å². The molecule has 0 radical (unpaired) electrons. The summed E-state index contributed by atoms with van der Waals surface area (Å²) >= 11 is 0. The molecule has 0 aromatic heterocycles. The molecule has 1 aliphatic rings. The fourth-order valence-electron chi connectivity index (χ4n) is 1.66. The van der Waals surface area contributed by atoms with Gasteiger partial charge in [-0.2, -0.15) is 0 Å². The fraction of sp³-hybridized carbons (Fsp3) is 0.333. The van der Waals surface area contributed by atoms with Gasteiger partial charge in [0, 0.05) is 5.69 Å². The van der Waals surface area contributed by atoms with E-state index in [-0.39, 0.29) is 18.0 Å². The van der Waals surface area contributed by atoms with Crippen LogP contribution in [0.1, 0.15) is 16.8 Å². The van der Waals surface area contributed by atoms with Crippen molar-refractivity contribution in [3.63, 3.8) is 0 Å². The summed E-state index contributed by atoms with van der Waals surface area (Å²) in [6.45, 7) is 0.386. The van der Waals surface area contributed by atoms with E-state index in [1.807, 2.05) is 0 Å². The van der Waals surface area contributed by atoms with Gasteiger partial charge in [0.05, 0.1) is 25.1 Å². The molecule has 0 aliphatic carbocycles. The van der Waals surface area contributed by atoms with E-state index in [2.05, 4.69) is 10.1 Å². The molecule has 0 bridgehead atoms. The lowest BCUT2D eigenvalue weighted by molar-refractivity contribution is -0.137. The molecule has 1 aliphatic heterocycles. The quantitative estimate of drug-likeness (QED) is 0.797. The second-order valence-electron chi connectivity index (χ2n) is 3.80. The molecule has 5 nitrogen and oxygen atoms in total. The number of cyclic esters (lactones) is 1. The highest BCUT2D eigenvalue weighted by Gasteiger charge is 2.23. The highest BCUT2D eigenvalue weighted by molar-refractivity contribution is 5.89. The number of carbonyl (C=O) groups is 2. The molecule has 0 amide bonds. The van der Waals surface area contributed by atoms with Crippen LogP contribution in [0.25, 0.3) is 0 Å². The highest BCUT2D eigenvalue weighted by Crippen LogP contribution is 2.15. The van der Waals surface area contributed by atoms with Crippen LogP contribution >= 0.6 is 0 Å². The maximum Gasteiger partial charge on any atom is 0.337 e. The third-order valence-corrected chi connectivity index (χ3v) is 2.54. The van der Waals surface area contributed by atoms with Crippen molar-refractivity contribution >= 4 is 17.6 Å². The molecule has 1 N–H and O–H groups in total. The maximum atomic E-state index is 11.2. The molecular formula is C12H13NO4. The van der Waals surface area contributed by atoms with Crippen molar-refractivity contribution in [3.8, 4) is 0 Å². The van der Waals surface area contributed by atoms with E-state index in [9.17, 15) is 9.59 Å². The van der Waals surface area contributed by atoms with Gasteiger partial charge in [-0.05, 0) is 24.3 Å². The monoisotopic (exact) mass is 235 g/mol. The fourth-order valence-corrected chi connectivity index (χ4v) is 1.66. The molecule has 1 unspecified atom stereocenters. The Balaban J connectivity index is 1.98. The van der Waals surface area contributed by atoms with Gasteiger partial charge in [-0.3, -0.25) is 4.79 Å². The minimum Gasteiger partial charge on any atom is -0.465 e. The molecule has 0 saturated carbocycles. The number of benzene rings is 1. The van der Waals surface area contributed by atoms with Crippen molar-refractivity contribution in [1.29, 1.82) is 0 Å². The number of hydrogen-bond acceptors (Lipinski definition) is 5. The first-order valence-electron chi connectivity index (χ1n) is 5.29. The largest absolute Gasteiger partial charge is 0.465 e. The van der Waals surface area contributed by atoms with Crippen molar-refractivity contribution in [2.45, 2.75) is 12.5 Å². The maximum absolute atomic E-state index is 11.2. The summed E-state index contributed by atoms with van der Waals surface area (Å²) in [6, 6.07) is 6.90. The van der Waals surface area contributed by atoms with Crippen molar-refractivity contribution in [3.05, 3.63) is 29.8 Å². The van der Waals surface area contributed by atoms with E-state index in [0.717, 1.165) is 5.69 Å². The lowest BCUT2D eigenvalue weighted by Crippen LogP contribution is -2.19. The van der Waals surface area contributed by atoms with E-state index in [0.29, 0.717) is 18.6 Å². The zero-order valence-electron chi connectivity index (χ0n) is 9.43. The third-order valence-electron chi connectivity index (χ3n) is 2.54. The standard InChI is InChI=1S/C12H13NO4/c1-16-12(15)8-2-4-9(5-3-8)13-10-6-11(14)17-7-10/h2-5,10,13H,6-7H2,1H3. The average molecular weight is 235 g/mol. The molecule has 1 aromatic rings. The molecule has 17 heavy (non-hydrogen) atoms. The minimum atomic E-state index is -0.365. The van der Waals surface area contributed by atoms with Gasteiger partial charge >= 0.3 is 11.9 Å². The van der Waals surface area contributed by atoms with Crippen LogP contribution in [0.15, 0.2) is 24.3 Å². The lowest BCUT2D eigenvalue weighted by Gasteiger charge is -2.11. The number of ether oxygens (including phenoxy) is 2. The summed E-state index contributed by atoms with van der Waals surface area (Å²) in [5, 5.41) is 3.16. The predicted octanol–water partition coefficient (Wildman–Crippen LogP) is 1.20. The van der Waals surface area contributed by atoms with E-state index in [1.165, 1.54) is 7.11 Å². The molecule has 0 spiro atoms. The van der Waals surface area contributed by atoms with Gasteiger partial charge in [-0.25, -0.2) is 4.79 Å². The number of esters is 2. The topological polar surface area (TPSA) is 64.6 Å². The Morgan fingerprint density at radius 3 is 2.65 bits per heavy atom. The third kappa shape index (κ3) is 2.75. The molecule has 90 valence electrons. The van der Waals surface area contributed by atoms with Crippen LogP contribution in [0.4, 0.5) is 5.69 Å². The second-order valence-corrected chi connectivity index (χ2v) is 3.80. The van der Waals surface area contributed by atoms with Gasteiger partial charge in [0.15, 0.2) is 0 Å². The lowest BCUT2D eigenvalue weighted by atomic mass is 10.2. The van der Waals surface area contributed by atoms with Gasteiger partial charge in [0.25, 0.3) is 0 Å². The highest BCUT2D eigenvalue weighted by atomic mass is 16.5. The molecule has 1 aromatic carbocycles. The van der Waals surface area contributed by atoms with Crippen molar-refractivity contribution in [2.75, 3.05) is 19.0 Å². The van der Waals surface area contributed by atoms with Crippen molar-refractivity contribution in [2.24, 2.45) is 0 Å². The summed E-state index contributed by atoms with van der Waals surface area (Å²) in [7, 11) is 1.34. The number of nitrogens with one attached hydrogen (secondary N) is 1. The normalized spacial score (nSPS) is 18.6. The first-order chi connectivity index (χ1) is 8.19. The van der Waals surface area contributed by atoms with Crippen LogP contribution in [0.2, 0.25) is 0 Å². The Labute approximate surface area is 98.7 Å². The summed E-state index contributed by atoms with van der Waals surface area (Å²) in [6.07, 6.45) is 0.374. The Bertz CT molecular complexity index is 427. The van der Waals surface area contributed by atoms with Crippen molar-refractivity contribution < 1.29 is 19.1 Å². The zero-order valence-corrected chi connectivity index (χ0v) is 9.43. The van der Waals surface area contributed by atoms with Gasteiger partial charge in [-0.1, -0.05) is 0 Å². The van der Waals surface area contributed by atoms with Crippen LogP contribution < -0.4 is 5.32 Å². The number of rotatable bonds is 3. The summed E-state index contributed by atoms with van der Waals surface area (Å²) in [5.74, 6) is -0.551. The Morgan fingerprint density at radius 2 is 2.12 bits per heavy atom. The number of methoxy groups -OCH3 is 1. The second kappa shape index (κ2) is 4.86. The van der Waals surface area contributed by atoms with Crippen LogP contribution in [-0.2, 0) is 14.3 Å². The molecule has 5 heteroatoms. The van der Waals surface area contributed by atoms with Crippen LogP contribution in [-0.4, -0.2) is 31.7 Å². The summed E-state index contributed by atoms with van der Waals surface area (Å²) < 4.78 is 9.44. The van der Waals surface area contributed by atoms with E-state index in [4.69, 9.17) is 4.74 Å².